The fourth-order valence-corrected chi connectivity index (χ4v) is 5.58. The van der Waals surface area contributed by atoms with E-state index >= 15 is 0 Å². The Hall–Kier alpha value is -2.99. The molecular weight excluding hydrogens is 579 g/mol. The second-order valence-corrected chi connectivity index (χ2v) is 10.6. The summed E-state index contributed by atoms with van der Waals surface area (Å²) in [7, 11) is 0. The van der Waals surface area contributed by atoms with Crippen molar-refractivity contribution in [2.75, 3.05) is 19.8 Å². The quantitative estimate of drug-likeness (QED) is 0.208. The standard InChI is InChI=1S/C32H34F7NO3/c33-26-10-8-23(9-11-26)29-27(28(7-4-14-41)40-20-21-5-2-1-3-6-21)13-16-43-30(29)42-15-12-22-17-24(31(34,35)36)19-25(18-22)32(37,38)39/h1-3,5-6,8-11,17-19,27-30,40-41H,4,7,12-16,20H2. The first-order valence-corrected chi connectivity index (χ1v) is 14.1. The highest BCUT2D eigenvalue weighted by molar-refractivity contribution is 5.34. The zero-order chi connectivity index (χ0) is 31.0. The molecule has 0 radical (unpaired) electrons. The third-order valence-electron chi connectivity index (χ3n) is 7.66. The maximum atomic E-state index is 13.8. The summed E-state index contributed by atoms with van der Waals surface area (Å²) < 4.78 is 106. The average molecular weight is 614 g/mol. The van der Waals surface area contributed by atoms with E-state index in [2.05, 4.69) is 5.32 Å². The summed E-state index contributed by atoms with van der Waals surface area (Å²) in [5, 5.41) is 13.2. The van der Waals surface area contributed by atoms with E-state index in [1.54, 1.807) is 12.1 Å². The molecule has 11 heteroatoms. The number of aliphatic hydroxyl groups excluding tert-OH is 1. The van der Waals surface area contributed by atoms with Crippen molar-refractivity contribution < 1.29 is 45.3 Å². The van der Waals surface area contributed by atoms with Gasteiger partial charge in [-0.15, -0.1) is 0 Å². The van der Waals surface area contributed by atoms with Crippen LogP contribution in [0.1, 0.15) is 53.0 Å². The number of alkyl halides is 6. The topological polar surface area (TPSA) is 50.7 Å². The molecule has 0 spiro atoms. The van der Waals surface area contributed by atoms with E-state index in [0.29, 0.717) is 44.5 Å². The van der Waals surface area contributed by atoms with Crippen LogP contribution in [0.5, 0.6) is 0 Å². The monoisotopic (exact) mass is 613 g/mol. The SMILES string of the molecule is OCCCC(NCc1ccccc1)C1CCOC(OCCc2cc(C(F)(F)F)cc(C(F)(F)F)c2)C1c1ccc(F)cc1. The van der Waals surface area contributed by atoms with E-state index in [-0.39, 0.29) is 43.2 Å². The molecule has 1 saturated heterocycles. The van der Waals surface area contributed by atoms with E-state index in [1.807, 2.05) is 30.3 Å². The fraction of sp³-hybridized carbons (Fsp3) is 0.438. The van der Waals surface area contributed by atoms with Crippen LogP contribution in [0.15, 0.2) is 72.8 Å². The molecule has 1 heterocycles. The van der Waals surface area contributed by atoms with Crippen molar-refractivity contribution in [2.45, 2.75) is 62.8 Å². The van der Waals surface area contributed by atoms with E-state index in [1.165, 1.54) is 12.1 Å². The highest BCUT2D eigenvalue weighted by atomic mass is 19.4. The summed E-state index contributed by atoms with van der Waals surface area (Å²) in [4.78, 5) is 0. The lowest BCUT2D eigenvalue weighted by Crippen LogP contribution is -2.47. The summed E-state index contributed by atoms with van der Waals surface area (Å²) in [6.07, 6.45) is -9.21. The number of halogens is 7. The van der Waals surface area contributed by atoms with E-state index in [4.69, 9.17) is 9.47 Å². The van der Waals surface area contributed by atoms with Crippen LogP contribution >= 0.6 is 0 Å². The predicted octanol–water partition coefficient (Wildman–Crippen LogP) is 7.50. The zero-order valence-corrected chi connectivity index (χ0v) is 23.3. The molecule has 1 aliphatic rings. The molecule has 1 fully saturated rings. The Morgan fingerprint density at radius 3 is 2.14 bits per heavy atom. The maximum absolute atomic E-state index is 13.8. The Morgan fingerprint density at radius 2 is 1.53 bits per heavy atom. The van der Waals surface area contributed by atoms with E-state index < -0.39 is 41.5 Å². The first-order chi connectivity index (χ1) is 20.5. The van der Waals surface area contributed by atoms with Crippen LogP contribution in [0.2, 0.25) is 0 Å². The Morgan fingerprint density at radius 1 is 0.884 bits per heavy atom. The number of rotatable bonds is 12. The van der Waals surface area contributed by atoms with Gasteiger partial charge < -0.3 is 19.9 Å². The van der Waals surface area contributed by atoms with Gasteiger partial charge in [-0.3, -0.25) is 0 Å². The van der Waals surface area contributed by atoms with Crippen molar-refractivity contribution >= 4 is 0 Å². The van der Waals surface area contributed by atoms with Gasteiger partial charge in [0.1, 0.15) is 5.82 Å². The molecule has 3 aromatic rings. The molecule has 0 amide bonds. The minimum absolute atomic E-state index is 0.00914. The Labute approximate surface area is 245 Å². The molecule has 0 bridgehead atoms. The number of aliphatic hydroxyl groups is 1. The van der Waals surface area contributed by atoms with Crippen molar-refractivity contribution in [3.8, 4) is 0 Å². The van der Waals surface area contributed by atoms with Gasteiger partial charge in [-0.25, -0.2) is 4.39 Å². The highest BCUT2D eigenvalue weighted by Gasteiger charge is 2.40. The average Bonchev–Trinajstić information content (AvgIpc) is 2.97. The fourth-order valence-electron chi connectivity index (χ4n) is 5.58. The molecule has 0 saturated carbocycles. The Balaban J connectivity index is 1.56. The lowest BCUT2D eigenvalue weighted by Gasteiger charge is -2.42. The summed E-state index contributed by atoms with van der Waals surface area (Å²) in [5.74, 6) is -0.947. The van der Waals surface area contributed by atoms with Crippen LogP contribution in [-0.2, 0) is 34.8 Å². The van der Waals surface area contributed by atoms with Crippen molar-refractivity contribution in [3.05, 3.63) is 106 Å². The molecule has 43 heavy (non-hydrogen) atoms. The molecule has 3 aromatic carbocycles. The Bertz CT molecular complexity index is 1250. The second-order valence-electron chi connectivity index (χ2n) is 10.6. The van der Waals surface area contributed by atoms with E-state index in [0.717, 1.165) is 11.1 Å². The summed E-state index contributed by atoms with van der Waals surface area (Å²) >= 11 is 0. The molecule has 4 unspecified atom stereocenters. The molecule has 234 valence electrons. The highest BCUT2D eigenvalue weighted by Crippen LogP contribution is 2.40. The number of hydrogen-bond donors (Lipinski definition) is 2. The largest absolute Gasteiger partial charge is 0.416 e. The van der Waals surface area contributed by atoms with Gasteiger partial charge in [0.15, 0.2) is 6.29 Å². The van der Waals surface area contributed by atoms with Crippen LogP contribution in [0.25, 0.3) is 0 Å². The third-order valence-corrected chi connectivity index (χ3v) is 7.66. The lowest BCUT2D eigenvalue weighted by atomic mass is 9.76. The maximum Gasteiger partial charge on any atom is 0.416 e. The predicted molar refractivity (Wildman–Crippen MR) is 146 cm³/mol. The van der Waals surface area contributed by atoms with Crippen LogP contribution in [-0.4, -0.2) is 37.3 Å². The number of benzene rings is 3. The van der Waals surface area contributed by atoms with Crippen molar-refractivity contribution in [1.29, 1.82) is 0 Å². The molecule has 0 aliphatic carbocycles. The molecule has 4 nitrogen and oxygen atoms in total. The molecule has 2 N–H and O–H groups in total. The lowest BCUT2D eigenvalue weighted by molar-refractivity contribution is -0.190. The third kappa shape index (κ3) is 9.25. The summed E-state index contributed by atoms with van der Waals surface area (Å²) in [5.41, 5.74) is -1.14. The van der Waals surface area contributed by atoms with Gasteiger partial charge in [-0.1, -0.05) is 42.5 Å². The minimum Gasteiger partial charge on any atom is -0.396 e. The van der Waals surface area contributed by atoms with Gasteiger partial charge in [0, 0.05) is 25.1 Å². The molecule has 4 atom stereocenters. The van der Waals surface area contributed by atoms with Gasteiger partial charge in [-0.05, 0) is 78.6 Å². The van der Waals surface area contributed by atoms with Crippen LogP contribution in [0, 0.1) is 11.7 Å². The second kappa shape index (κ2) is 14.7. The van der Waals surface area contributed by atoms with Gasteiger partial charge in [0.2, 0.25) is 0 Å². The first kappa shape index (κ1) is 32.9. The first-order valence-electron chi connectivity index (χ1n) is 14.1. The molecular formula is C32H34F7NO3. The minimum atomic E-state index is -4.94. The number of nitrogens with one attached hydrogen (secondary N) is 1. The molecule has 4 rings (SSSR count). The van der Waals surface area contributed by atoms with Gasteiger partial charge in [0.05, 0.1) is 24.3 Å². The molecule has 0 aromatic heterocycles. The molecule has 1 aliphatic heterocycles. The summed E-state index contributed by atoms with van der Waals surface area (Å²) in [6.45, 7) is 0.654. The summed E-state index contributed by atoms with van der Waals surface area (Å²) in [6, 6.07) is 17.0. The number of ether oxygens (including phenoxy) is 2. The van der Waals surface area contributed by atoms with Crippen molar-refractivity contribution in [3.63, 3.8) is 0 Å². The van der Waals surface area contributed by atoms with Crippen molar-refractivity contribution in [2.24, 2.45) is 5.92 Å². The van der Waals surface area contributed by atoms with Gasteiger partial charge >= 0.3 is 12.4 Å². The van der Waals surface area contributed by atoms with Crippen molar-refractivity contribution in [1.82, 2.24) is 5.32 Å². The zero-order valence-electron chi connectivity index (χ0n) is 23.3. The smallest absolute Gasteiger partial charge is 0.396 e. The van der Waals surface area contributed by atoms with Crippen LogP contribution in [0.3, 0.4) is 0 Å². The van der Waals surface area contributed by atoms with E-state index in [9.17, 15) is 35.8 Å². The van der Waals surface area contributed by atoms with Crippen LogP contribution in [0.4, 0.5) is 30.7 Å². The normalized spacial score (nSPS) is 20.2. The van der Waals surface area contributed by atoms with Gasteiger partial charge in [0.25, 0.3) is 0 Å². The Kier molecular flexibility index (Phi) is 11.2. The number of hydrogen-bond acceptors (Lipinski definition) is 4. The van der Waals surface area contributed by atoms with Crippen LogP contribution < -0.4 is 5.32 Å². The van der Waals surface area contributed by atoms with Gasteiger partial charge in [-0.2, -0.15) is 26.3 Å².